The lowest BCUT2D eigenvalue weighted by atomic mass is 9.98. The van der Waals surface area contributed by atoms with E-state index in [1.54, 1.807) is 12.4 Å². The number of carbonyl (C=O) groups excluding carboxylic acids is 2. The third-order valence-corrected chi connectivity index (χ3v) is 5.74. The van der Waals surface area contributed by atoms with Crippen LogP contribution in [0.1, 0.15) is 35.6 Å². The number of aromatic nitrogens is 1. The highest BCUT2D eigenvalue weighted by molar-refractivity contribution is 5.79. The van der Waals surface area contributed by atoms with Crippen LogP contribution >= 0.6 is 0 Å². The summed E-state index contributed by atoms with van der Waals surface area (Å²) in [4.78, 5) is 33.3. The summed E-state index contributed by atoms with van der Waals surface area (Å²) in [5, 5.41) is 2.75. The van der Waals surface area contributed by atoms with E-state index in [2.05, 4.69) is 15.2 Å². The number of urea groups is 1. The number of amides is 3. The molecule has 1 unspecified atom stereocenters. The molecule has 1 atom stereocenters. The minimum Gasteiger partial charge on any atom is -0.379 e. The number of nitrogens with one attached hydrogen (secondary N) is 1. The highest BCUT2D eigenvalue weighted by atomic mass is 16.5. The van der Waals surface area contributed by atoms with Crippen molar-refractivity contribution >= 4 is 11.9 Å². The van der Waals surface area contributed by atoms with Crippen LogP contribution < -0.4 is 11.1 Å². The average molecular weight is 440 g/mol. The summed E-state index contributed by atoms with van der Waals surface area (Å²) < 4.78 is 5.41. The molecule has 1 aliphatic heterocycles. The molecule has 2 aromatic rings. The Bertz CT molecular complexity index is 871. The third-order valence-electron chi connectivity index (χ3n) is 5.74. The number of aryl methyl sites for hydroxylation is 1. The number of nitrogens with zero attached hydrogens (tertiary/aromatic N) is 3. The van der Waals surface area contributed by atoms with Crippen LogP contribution in [0.15, 0.2) is 48.8 Å². The second-order valence-electron chi connectivity index (χ2n) is 8.10. The van der Waals surface area contributed by atoms with E-state index in [-0.39, 0.29) is 12.3 Å². The fourth-order valence-electron chi connectivity index (χ4n) is 4.00. The van der Waals surface area contributed by atoms with E-state index in [0.29, 0.717) is 13.1 Å². The fraction of sp³-hybridized carbons (Fsp3) is 0.458. The normalized spacial score (nSPS) is 15.2. The smallest absolute Gasteiger partial charge is 0.312 e. The molecule has 0 saturated carbocycles. The Labute approximate surface area is 189 Å². The predicted octanol–water partition coefficient (Wildman–Crippen LogP) is 2.24. The highest BCUT2D eigenvalue weighted by Gasteiger charge is 2.23. The van der Waals surface area contributed by atoms with E-state index in [4.69, 9.17) is 10.5 Å². The van der Waals surface area contributed by atoms with Crippen molar-refractivity contribution in [2.24, 2.45) is 5.73 Å². The average Bonchev–Trinajstić information content (AvgIpc) is 2.79. The van der Waals surface area contributed by atoms with Crippen LogP contribution in [0.4, 0.5) is 4.79 Å². The summed E-state index contributed by atoms with van der Waals surface area (Å²) >= 11 is 0. The zero-order valence-corrected chi connectivity index (χ0v) is 18.7. The zero-order valence-electron chi connectivity index (χ0n) is 18.7. The van der Waals surface area contributed by atoms with Gasteiger partial charge in [0.05, 0.1) is 25.7 Å². The van der Waals surface area contributed by atoms with Crippen LogP contribution in [0.2, 0.25) is 0 Å². The molecule has 32 heavy (non-hydrogen) atoms. The molecule has 3 N–H and O–H groups in total. The number of hydrogen-bond acceptors (Lipinski definition) is 5. The van der Waals surface area contributed by atoms with Gasteiger partial charge in [0.25, 0.3) is 0 Å². The fourth-order valence-corrected chi connectivity index (χ4v) is 4.00. The van der Waals surface area contributed by atoms with E-state index in [1.165, 1.54) is 0 Å². The van der Waals surface area contributed by atoms with Gasteiger partial charge in [-0.2, -0.15) is 0 Å². The molecule has 172 valence electrons. The standard InChI is InChI=1S/C24H33N5O3/c1-19-5-2-3-6-21(19)22(27-24(25)31)17-23(30)29(18-20-7-9-26-10-8-20)12-4-11-28-13-15-32-16-14-28/h2-3,5-10,22H,4,11-18H2,1H3,(H3,25,27,31). The monoisotopic (exact) mass is 439 g/mol. The van der Waals surface area contributed by atoms with Crippen LogP contribution in [0.25, 0.3) is 0 Å². The SMILES string of the molecule is Cc1ccccc1C(CC(=O)N(CCCN1CCOCC1)Cc1ccncc1)NC(N)=O. The Balaban J connectivity index is 1.69. The Morgan fingerprint density at radius 3 is 2.59 bits per heavy atom. The summed E-state index contributed by atoms with van der Waals surface area (Å²) in [5.41, 5.74) is 8.35. The topological polar surface area (TPSA) is 101 Å². The summed E-state index contributed by atoms with van der Waals surface area (Å²) in [6.45, 7) is 7.40. The van der Waals surface area contributed by atoms with Crippen LogP contribution in [-0.4, -0.2) is 66.1 Å². The van der Waals surface area contributed by atoms with Gasteiger partial charge in [-0.25, -0.2) is 4.79 Å². The van der Waals surface area contributed by atoms with Gasteiger partial charge in [-0.05, 0) is 42.2 Å². The summed E-state index contributed by atoms with van der Waals surface area (Å²) in [5.74, 6) is -0.0224. The Kier molecular flexibility index (Phi) is 9.01. The largest absolute Gasteiger partial charge is 0.379 e. The van der Waals surface area contributed by atoms with E-state index in [0.717, 1.165) is 56.0 Å². The number of ether oxygens (including phenoxy) is 1. The Morgan fingerprint density at radius 2 is 1.91 bits per heavy atom. The van der Waals surface area contributed by atoms with Crippen LogP contribution in [0, 0.1) is 6.92 Å². The summed E-state index contributed by atoms with van der Waals surface area (Å²) in [6, 6.07) is 10.5. The maximum atomic E-state index is 13.4. The molecule has 3 amide bonds. The van der Waals surface area contributed by atoms with Crippen molar-refractivity contribution in [3.8, 4) is 0 Å². The Morgan fingerprint density at radius 1 is 1.19 bits per heavy atom. The number of rotatable bonds is 10. The highest BCUT2D eigenvalue weighted by Crippen LogP contribution is 2.22. The number of nitrogens with two attached hydrogens (primary N) is 1. The molecule has 0 aliphatic carbocycles. The first kappa shape index (κ1) is 23.7. The van der Waals surface area contributed by atoms with Gasteiger partial charge in [0.2, 0.25) is 5.91 Å². The van der Waals surface area contributed by atoms with E-state index < -0.39 is 12.1 Å². The minimum absolute atomic E-state index is 0.0224. The molecular formula is C24H33N5O3. The number of pyridine rings is 1. The van der Waals surface area contributed by atoms with Crippen molar-refractivity contribution in [3.05, 3.63) is 65.5 Å². The van der Waals surface area contributed by atoms with Gasteiger partial charge in [-0.1, -0.05) is 24.3 Å². The molecule has 1 fully saturated rings. The molecule has 1 aromatic heterocycles. The van der Waals surface area contributed by atoms with Crippen LogP contribution in [0.3, 0.4) is 0 Å². The summed E-state index contributed by atoms with van der Waals surface area (Å²) in [6.07, 6.45) is 4.48. The second-order valence-corrected chi connectivity index (χ2v) is 8.10. The molecule has 2 heterocycles. The van der Waals surface area contributed by atoms with Gasteiger partial charge in [0, 0.05) is 45.1 Å². The molecular weight excluding hydrogens is 406 g/mol. The van der Waals surface area contributed by atoms with Crippen LogP contribution in [0.5, 0.6) is 0 Å². The third kappa shape index (κ3) is 7.32. The minimum atomic E-state index is -0.640. The number of hydrogen-bond donors (Lipinski definition) is 2. The molecule has 1 aromatic carbocycles. The molecule has 0 radical (unpaired) electrons. The first-order valence-corrected chi connectivity index (χ1v) is 11.1. The first-order valence-electron chi connectivity index (χ1n) is 11.1. The van der Waals surface area contributed by atoms with Gasteiger partial charge in [-0.15, -0.1) is 0 Å². The van der Waals surface area contributed by atoms with E-state index in [1.807, 2.05) is 48.2 Å². The molecule has 0 bridgehead atoms. The van der Waals surface area contributed by atoms with Gasteiger partial charge < -0.3 is 20.7 Å². The van der Waals surface area contributed by atoms with Crippen molar-refractivity contribution in [2.75, 3.05) is 39.4 Å². The first-order chi connectivity index (χ1) is 15.5. The van der Waals surface area contributed by atoms with Gasteiger partial charge >= 0.3 is 6.03 Å². The molecule has 8 nitrogen and oxygen atoms in total. The number of benzene rings is 1. The number of morpholine rings is 1. The quantitative estimate of drug-likeness (QED) is 0.591. The molecule has 8 heteroatoms. The molecule has 0 spiro atoms. The predicted molar refractivity (Wildman–Crippen MR) is 123 cm³/mol. The van der Waals surface area contributed by atoms with Crippen molar-refractivity contribution in [1.29, 1.82) is 0 Å². The van der Waals surface area contributed by atoms with Crippen molar-refractivity contribution in [1.82, 2.24) is 20.1 Å². The lowest BCUT2D eigenvalue weighted by Gasteiger charge is -2.29. The summed E-state index contributed by atoms with van der Waals surface area (Å²) in [7, 11) is 0. The molecule has 3 rings (SSSR count). The maximum absolute atomic E-state index is 13.4. The van der Waals surface area contributed by atoms with Crippen molar-refractivity contribution < 1.29 is 14.3 Å². The zero-order chi connectivity index (χ0) is 22.8. The lowest BCUT2D eigenvalue weighted by molar-refractivity contribution is -0.132. The van der Waals surface area contributed by atoms with E-state index in [9.17, 15) is 9.59 Å². The number of carbonyl (C=O) groups is 2. The van der Waals surface area contributed by atoms with Gasteiger partial charge in [0.15, 0.2) is 0 Å². The molecule has 1 aliphatic rings. The second kappa shape index (κ2) is 12.2. The lowest BCUT2D eigenvalue weighted by Crippen LogP contribution is -2.40. The maximum Gasteiger partial charge on any atom is 0.312 e. The van der Waals surface area contributed by atoms with Crippen LogP contribution in [-0.2, 0) is 16.1 Å². The van der Waals surface area contributed by atoms with Gasteiger partial charge in [-0.3, -0.25) is 14.7 Å². The number of primary amides is 1. The Hall–Kier alpha value is -2.97. The molecule has 1 saturated heterocycles. The van der Waals surface area contributed by atoms with Crippen molar-refractivity contribution in [3.63, 3.8) is 0 Å². The van der Waals surface area contributed by atoms with Gasteiger partial charge in [0.1, 0.15) is 0 Å². The van der Waals surface area contributed by atoms with Crippen molar-refractivity contribution in [2.45, 2.75) is 32.4 Å². The van der Waals surface area contributed by atoms with E-state index >= 15 is 0 Å².